The van der Waals surface area contributed by atoms with Gasteiger partial charge < -0.3 is 15.6 Å². The summed E-state index contributed by atoms with van der Waals surface area (Å²) in [6, 6.07) is 27.1. The van der Waals surface area contributed by atoms with Crippen molar-refractivity contribution in [3.63, 3.8) is 0 Å². The van der Waals surface area contributed by atoms with Gasteiger partial charge in [0.05, 0.1) is 0 Å². The van der Waals surface area contributed by atoms with Crippen molar-refractivity contribution in [2.45, 2.75) is 45.2 Å². The molecule has 4 heteroatoms. The number of amides is 1. The predicted octanol–water partition coefficient (Wildman–Crippen LogP) is 5.64. The largest absolute Gasteiger partial charge is 0.361 e. The fraction of sp³-hybridized carbons (Fsp3) is 0.276. The molecular weight excluding hydrogens is 406 g/mol. The number of aryl methyl sites for hydroxylation is 1. The number of aromatic nitrogens is 1. The van der Waals surface area contributed by atoms with Gasteiger partial charge in [0.1, 0.15) is 0 Å². The van der Waals surface area contributed by atoms with Crippen molar-refractivity contribution in [1.82, 2.24) is 15.6 Å². The normalized spacial score (nSPS) is 12.0. The van der Waals surface area contributed by atoms with Crippen LogP contribution >= 0.6 is 0 Å². The average molecular weight is 440 g/mol. The van der Waals surface area contributed by atoms with Crippen LogP contribution in [0.5, 0.6) is 0 Å². The van der Waals surface area contributed by atoms with Gasteiger partial charge in [-0.3, -0.25) is 4.79 Å². The Morgan fingerprint density at radius 3 is 2.52 bits per heavy atom. The van der Waals surface area contributed by atoms with E-state index in [1.165, 1.54) is 22.0 Å². The number of unbranched alkanes of at least 4 members (excludes halogenated alkanes) is 1. The second-order valence-electron chi connectivity index (χ2n) is 8.70. The van der Waals surface area contributed by atoms with E-state index in [1.54, 1.807) is 0 Å². The Balaban J connectivity index is 1.25. The van der Waals surface area contributed by atoms with Gasteiger partial charge in [-0.15, -0.1) is 0 Å². The molecule has 0 aliphatic rings. The van der Waals surface area contributed by atoms with E-state index >= 15 is 0 Å². The van der Waals surface area contributed by atoms with Crippen LogP contribution in [0.4, 0.5) is 0 Å². The highest BCUT2D eigenvalue weighted by molar-refractivity contribution is 5.95. The highest BCUT2D eigenvalue weighted by atomic mass is 16.1. The summed E-state index contributed by atoms with van der Waals surface area (Å²) in [5.41, 5.74) is 5.62. The van der Waals surface area contributed by atoms with Crippen molar-refractivity contribution in [3.05, 3.63) is 107 Å². The number of nitrogens with one attached hydrogen (secondary N) is 3. The number of benzene rings is 3. The summed E-state index contributed by atoms with van der Waals surface area (Å²) in [6.07, 6.45) is 6.12. The van der Waals surface area contributed by atoms with Crippen LogP contribution in [-0.2, 0) is 19.4 Å². The number of rotatable bonds is 11. The lowest BCUT2D eigenvalue weighted by Gasteiger charge is -2.16. The van der Waals surface area contributed by atoms with E-state index in [0.29, 0.717) is 19.1 Å². The minimum absolute atomic E-state index is 0.0105. The molecule has 1 aromatic heterocycles. The molecule has 0 fully saturated rings. The number of hydrogen-bond acceptors (Lipinski definition) is 2. The van der Waals surface area contributed by atoms with Crippen LogP contribution in [0, 0.1) is 0 Å². The van der Waals surface area contributed by atoms with Crippen LogP contribution in [0.2, 0.25) is 0 Å². The molecule has 0 radical (unpaired) electrons. The molecule has 1 heterocycles. The third-order valence-corrected chi connectivity index (χ3v) is 6.12. The van der Waals surface area contributed by atoms with E-state index in [1.807, 2.05) is 30.3 Å². The predicted molar refractivity (Wildman–Crippen MR) is 136 cm³/mol. The third kappa shape index (κ3) is 6.33. The SMILES string of the molecule is CC(Cc1c[nH]c2ccccc12)NCc1ccccc1C(=O)NCCCCc1ccccc1. The molecular formula is C29H33N3O. The van der Waals surface area contributed by atoms with E-state index in [0.717, 1.165) is 36.8 Å². The standard InChI is InChI=1S/C29H33N3O/c1-22(19-25-21-32-28-17-8-7-15-26(25)28)31-20-24-14-5-6-16-27(24)29(33)30-18-10-9-13-23-11-3-2-4-12-23/h2-8,11-12,14-17,21-22,31-32H,9-10,13,18-20H2,1H3,(H,30,33). The number of fused-ring (bicyclic) bond motifs is 1. The van der Waals surface area contributed by atoms with Crippen molar-refractivity contribution >= 4 is 16.8 Å². The Bertz CT molecular complexity index is 1170. The molecule has 170 valence electrons. The molecule has 3 aromatic carbocycles. The minimum atomic E-state index is 0.0105. The Hall–Kier alpha value is -3.37. The minimum Gasteiger partial charge on any atom is -0.361 e. The fourth-order valence-corrected chi connectivity index (χ4v) is 4.28. The summed E-state index contributed by atoms with van der Waals surface area (Å²) in [5.74, 6) is 0.0105. The Morgan fingerprint density at radius 2 is 1.64 bits per heavy atom. The molecule has 0 aliphatic heterocycles. The van der Waals surface area contributed by atoms with Gasteiger partial charge in [-0.25, -0.2) is 0 Å². The molecule has 33 heavy (non-hydrogen) atoms. The van der Waals surface area contributed by atoms with Crippen LogP contribution in [0.1, 0.15) is 46.8 Å². The van der Waals surface area contributed by atoms with Crippen molar-refractivity contribution in [1.29, 1.82) is 0 Å². The van der Waals surface area contributed by atoms with Gasteiger partial charge in [0.15, 0.2) is 0 Å². The smallest absolute Gasteiger partial charge is 0.251 e. The van der Waals surface area contributed by atoms with E-state index in [9.17, 15) is 4.79 Å². The molecule has 0 bridgehead atoms. The average Bonchev–Trinajstić information content (AvgIpc) is 3.26. The molecule has 4 rings (SSSR count). The number of carbonyl (C=O) groups is 1. The highest BCUT2D eigenvalue weighted by Crippen LogP contribution is 2.19. The number of aromatic amines is 1. The van der Waals surface area contributed by atoms with Gasteiger partial charge in [-0.1, -0.05) is 66.7 Å². The fourth-order valence-electron chi connectivity index (χ4n) is 4.28. The lowest BCUT2D eigenvalue weighted by molar-refractivity contribution is 0.0952. The van der Waals surface area contributed by atoms with Crippen molar-refractivity contribution < 1.29 is 4.79 Å². The molecule has 0 saturated heterocycles. The van der Waals surface area contributed by atoms with E-state index in [2.05, 4.69) is 77.3 Å². The summed E-state index contributed by atoms with van der Waals surface area (Å²) in [7, 11) is 0. The van der Waals surface area contributed by atoms with Gasteiger partial charge in [0.2, 0.25) is 0 Å². The summed E-state index contributed by atoms with van der Waals surface area (Å²) < 4.78 is 0. The lowest BCUT2D eigenvalue weighted by atomic mass is 10.0. The van der Waals surface area contributed by atoms with Crippen molar-refractivity contribution in [2.75, 3.05) is 6.54 Å². The van der Waals surface area contributed by atoms with E-state index in [-0.39, 0.29) is 5.91 Å². The summed E-state index contributed by atoms with van der Waals surface area (Å²) >= 11 is 0. The van der Waals surface area contributed by atoms with Crippen LogP contribution < -0.4 is 10.6 Å². The maximum Gasteiger partial charge on any atom is 0.251 e. The van der Waals surface area contributed by atoms with Gasteiger partial charge >= 0.3 is 0 Å². The highest BCUT2D eigenvalue weighted by Gasteiger charge is 2.12. The second kappa shape index (κ2) is 11.5. The second-order valence-corrected chi connectivity index (χ2v) is 8.70. The van der Waals surface area contributed by atoms with Crippen molar-refractivity contribution in [3.8, 4) is 0 Å². The first-order valence-corrected chi connectivity index (χ1v) is 11.9. The molecule has 4 aromatic rings. The molecule has 0 aliphatic carbocycles. The summed E-state index contributed by atoms with van der Waals surface area (Å²) in [6.45, 7) is 3.56. The number of carbonyl (C=O) groups excluding carboxylic acids is 1. The van der Waals surface area contributed by atoms with Crippen LogP contribution in [0.3, 0.4) is 0 Å². The van der Waals surface area contributed by atoms with Gasteiger partial charge in [-0.2, -0.15) is 0 Å². The van der Waals surface area contributed by atoms with Crippen LogP contribution in [-0.4, -0.2) is 23.5 Å². The molecule has 3 N–H and O–H groups in total. The Morgan fingerprint density at radius 1 is 0.879 bits per heavy atom. The van der Waals surface area contributed by atoms with Crippen LogP contribution in [0.15, 0.2) is 85.1 Å². The molecule has 1 amide bonds. The number of para-hydroxylation sites is 1. The van der Waals surface area contributed by atoms with Crippen LogP contribution in [0.25, 0.3) is 10.9 Å². The zero-order valence-electron chi connectivity index (χ0n) is 19.3. The number of hydrogen-bond donors (Lipinski definition) is 3. The zero-order valence-corrected chi connectivity index (χ0v) is 19.3. The molecule has 1 atom stereocenters. The van der Waals surface area contributed by atoms with Gasteiger partial charge in [0, 0.05) is 41.8 Å². The molecule has 0 spiro atoms. The summed E-state index contributed by atoms with van der Waals surface area (Å²) in [5, 5.41) is 7.97. The lowest BCUT2D eigenvalue weighted by Crippen LogP contribution is -2.30. The summed E-state index contributed by atoms with van der Waals surface area (Å²) in [4.78, 5) is 16.2. The van der Waals surface area contributed by atoms with E-state index in [4.69, 9.17) is 0 Å². The zero-order chi connectivity index (χ0) is 22.9. The van der Waals surface area contributed by atoms with Gasteiger partial charge in [-0.05, 0) is 61.4 Å². The first-order chi connectivity index (χ1) is 16.2. The number of H-pyrrole nitrogens is 1. The topological polar surface area (TPSA) is 56.9 Å². The Kier molecular flexibility index (Phi) is 7.94. The maximum absolute atomic E-state index is 12.8. The molecule has 4 nitrogen and oxygen atoms in total. The first kappa shape index (κ1) is 22.8. The third-order valence-electron chi connectivity index (χ3n) is 6.12. The molecule has 1 unspecified atom stereocenters. The van der Waals surface area contributed by atoms with Crippen molar-refractivity contribution in [2.24, 2.45) is 0 Å². The maximum atomic E-state index is 12.8. The Labute approximate surface area is 196 Å². The molecule has 0 saturated carbocycles. The quantitative estimate of drug-likeness (QED) is 0.265. The van der Waals surface area contributed by atoms with E-state index < -0.39 is 0 Å². The first-order valence-electron chi connectivity index (χ1n) is 11.9. The van der Waals surface area contributed by atoms with Gasteiger partial charge in [0.25, 0.3) is 5.91 Å². The monoisotopic (exact) mass is 439 g/mol.